The molecule has 0 aliphatic heterocycles. The highest BCUT2D eigenvalue weighted by Gasteiger charge is 2.19. The predicted molar refractivity (Wildman–Crippen MR) is 85.3 cm³/mol. The number of non-ortho nitro benzene ring substituents is 1. The second-order valence-electron chi connectivity index (χ2n) is 4.22. The van der Waals surface area contributed by atoms with Gasteiger partial charge in [0.1, 0.15) is 18.4 Å². The van der Waals surface area contributed by atoms with Gasteiger partial charge in [-0.25, -0.2) is 0 Å². The highest BCUT2D eigenvalue weighted by atomic mass is 79.9. The van der Waals surface area contributed by atoms with Gasteiger partial charge < -0.3 is 15.8 Å². The zero-order valence-corrected chi connectivity index (χ0v) is 14.4. The van der Waals surface area contributed by atoms with E-state index in [9.17, 15) is 14.9 Å². The molecule has 9 heteroatoms. The molecule has 0 spiro atoms. The Morgan fingerprint density at radius 1 is 1.48 bits per heavy atom. The number of nitro benzene ring substituents is 1. The van der Waals surface area contributed by atoms with Crippen LogP contribution in [0.3, 0.4) is 0 Å². The average molecular weight is 425 g/mol. The lowest BCUT2D eigenvalue weighted by atomic mass is 10.2. The van der Waals surface area contributed by atoms with E-state index in [0.29, 0.717) is 21.2 Å². The van der Waals surface area contributed by atoms with Gasteiger partial charge in [0.2, 0.25) is 5.91 Å². The third-order valence-corrected chi connectivity index (χ3v) is 3.75. The van der Waals surface area contributed by atoms with Crippen LogP contribution in [0.5, 0.6) is 5.75 Å². The highest BCUT2D eigenvalue weighted by Crippen LogP contribution is 2.37. The average Bonchev–Trinajstić information content (AvgIpc) is 2.40. The molecule has 3 N–H and O–H groups in total. The van der Waals surface area contributed by atoms with E-state index < -0.39 is 16.9 Å². The second kappa shape index (κ2) is 8.30. The van der Waals surface area contributed by atoms with Crippen LogP contribution in [0, 0.1) is 10.1 Å². The Morgan fingerprint density at radius 3 is 2.48 bits per heavy atom. The van der Waals surface area contributed by atoms with Crippen LogP contribution >= 0.6 is 31.9 Å². The molecule has 1 rings (SSSR count). The summed E-state index contributed by atoms with van der Waals surface area (Å²) in [7, 11) is 0. The summed E-state index contributed by atoms with van der Waals surface area (Å²) < 4.78 is 6.38. The molecule has 0 saturated carbocycles. The summed E-state index contributed by atoms with van der Waals surface area (Å²) in [5.74, 6) is -0.136. The fourth-order valence-corrected chi connectivity index (χ4v) is 2.91. The van der Waals surface area contributed by atoms with Gasteiger partial charge in [-0.1, -0.05) is 6.92 Å². The van der Waals surface area contributed by atoms with Crippen LogP contribution in [0.15, 0.2) is 21.1 Å². The second-order valence-corrected chi connectivity index (χ2v) is 5.92. The van der Waals surface area contributed by atoms with E-state index in [1.54, 1.807) is 0 Å². The molecule has 0 aliphatic carbocycles. The van der Waals surface area contributed by atoms with Crippen molar-refractivity contribution in [3.63, 3.8) is 0 Å². The number of nitro groups is 1. The fourth-order valence-electron chi connectivity index (χ4n) is 1.52. The van der Waals surface area contributed by atoms with Crippen LogP contribution in [0.25, 0.3) is 0 Å². The summed E-state index contributed by atoms with van der Waals surface area (Å²) in [5.41, 5.74) is 5.21. The van der Waals surface area contributed by atoms with Crippen molar-refractivity contribution in [1.29, 1.82) is 0 Å². The minimum absolute atomic E-state index is 0.0321. The molecule has 116 valence electrons. The Balaban J connectivity index is 2.83. The number of nitrogens with one attached hydrogen (secondary N) is 1. The molecule has 0 heterocycles. The first-order valence-corrected chi connectivity index (χ1v) is 7.74. The van der Waals surface area contributed by atoms with E-state index in [1.807, 2.05) is 6.92 Å². The number of nitrogens with zero attached hydrogens (tertiary/aromatic N) is 1. The zero-order chi connectivity index (χ0) is 16.0. The van der Waals surface area contributed by atoms with Gasteiger partial charge in [-0.3, -0.25) is 14.9 Å². The quantitative estimate of drug-likeness (QED) is 0.491. The lowest BCUT2D eigenvalue weighted by molar-refractivity contribution is -0.385. The van der Waals surface area contributed by atoms with Crippen molar-refractivity contribution >= 4 is 43.5 Å². The summed E-state index contributed by atoms with van der Waals surface area (Å²) >= 11 is 6.42. The summed E-state index contributed by atoms with van der Waals surface area (Å²) in [5, 5.41) is 13.7. The molecule has 0 radical (unpaired) electrons. The Morgan fingerprint density at radius 2 is 2.05 bits per heavy atom. The van der Waals surface area contributed by atoms with E-state index in [4.69, 9.17) is 10.5 Å². The van der Waals surface area contributed by atoms with Crippen LogP contribution in [0.1, 0.15) is 13.3 Å². The first-order valence-electron chi connectivity index (χ1n) is 6.15. The monoisotopic (exact) mass is 423 g/mol. The van der Waals surface area contributed by atoms with E-state index in [0.717, 1.165) is 6.42 Å². The first-order chi connectivity index (χ1) is 9.86. The van der Waals surface area contributed by atoms with E-state index in [-0.39, 0.29) is 12.3 Å². The van der Waals surface area contributed by atoms with Gasteiger partial charge in [-0.05, 0) is 44.8 Å². The molecule has 0 fully saturated rings. The molecule has 0 saturated heterocycles. The van der Waals surface area contributed by atoms with Gasteiger partial charge in [-0.2, -0.15) is 0 Å². The summed E-state index contributed by atoms with van der Waals surface area (Å²) in [4.78, 5) is 21.5. The molecule has 0 bridgehead atoms. The van der Waals surface area contributed by atoms with Gasteiger partial charge >= 0.3 is 0 Å². The molecule has 1 aromatic rings. The van der Waals surface area contributed by atoms with E-state index in [2.05, 4.69) is 37.2 Å². The molecule has 0 aromatic heterocycles. The summed E-state index contributed by atoms with van der Waals surface area (Å²) in [6.45, 7) is 2.64. The number of primary amides is 1. The number of halogens is 2. The Hall–Kier alpha value is -1.19. The van der Waals surface area contributed by atoms with Crippen LogP contribution in [0.4, 0.5) is 5.69 Å². The molecule has 1 atom stereocenters. The predicted octanol–water partition coefficient (Wildman–Crippen LogP) is 2.35. The summed E-state index contributed by atoms with van der Waals surface area (Å²) in [6.07, 6.45) is 0.856. The smallest absolute Gasteiger partial charge is 0.271 e. The van der Waals surface area contributed by atoms with Crippen molar-refractivity contribution in [1.82, 2.24) is 5.32 Å². The maximum Gasteiger partial charge on any atom is 0.271 e. The minimum atomic E-state index is -0.626. The maximum atomic E-state index is 11.3. The summed E-state index contributed by atoms with van der Waals surface area (Å²) in [6, 6.07) is 2.04. The van der Waals surface area contributed by atoms with Crippen LogP contribution in [-0.2, 0) is 4.79 Å². The van der Waals surface area contributed by atoms with Crippen molar-refractivity contribution < 1.29 is 14.5 Å². The van der Waals surface area contributed by atoms with Gasteiger partial charge in [0.25, 0.3) is 5.69 Å². The highest BCUT2D eigenvalue weighted by molar-refractivity contribution is 9.11. The SMILES string of the molecule is CCCNC(COc1c(Br)cc([N+](=O)[O-])cc1Br)C(N)=O. The number of hydrogen-bond acceptors (Lipinski definition) is 5. The number of hydrogen-bond donors (Lipinski definition) is 2. The van der Waals surface area contributed by atoms with Crippen LogP contribution in [0.2, 0.25) is 0 Å². The number of benzene rings is 1. The normalized spacial score (nSPS) is 12.0. The van der Waals surface area contributed by atoms with Crippen molar-refractivity contribution in [2.45, 2.75) is 19.4 Å². The van der Waals surface area contributed by atoms with Crippen molar-refractivity contribution in [2.75, 3.05) is 13.2 Å². The van der Waals surface area contributed by atoms with Crippen molar-refractivity contribution in [3.8, 4) is 5.75 Å². The number of carbonyl (C=O) groups is 1. The molecule has 1 amide bonds. The largest absolute Gasteiger partial charge is 0.489 e. The van der Waals surface area contributed by atoms with Crippen molar-refractivity contribution in [2.24, 2.45) is 5.73 Å². The molecule has 1 aromatic carbocycles. The maximum absolute atomic E-state index is 11.3. The third kappa shape index (κ3) is 5.25. The number of nitrogens with two attached hydrogens (primary N) is 1. The zero-order valence-electron chi connectivity index (χ0n) is 11.3. The van der Waals surface area contributed by atoms with E-state index in [1.165, 1.54) is 12.1 Å². The van der Waals surface area contributed by atoms with Crippen LogP contribution in [-0.4, -0.2) is 30.0 Å². The lowest BCUT2D eigenvalue weighted by Crippen LogP contribution is -2.45. The lowest BCUT2D eigenvalue weighted by Gasteiger charge is -2.17. The molecule has 0 aliphatic rings. The van der Waals surface area contributed by atoms with Gasteiger partial charge in [0.05, 0.1) is 13.9 Å². The van der Waals surface area contributed by atoms with Gasteiger partial charge in [0.15, 0.2) is 0 Å². The van der Waals surface area contributed by atoms with Crippen LogP contribution < -0.4 is 15.8 Å². The molecule has 21 heavy (non-hydrogen) atoms. The molecule has 1 unspecified atom stereocenters. The molecular weight excluding hydrogens is 410 g/mol. The fraction of sp³-hybridized carbons (Fsp3) is 0.417. The third-order valence-electron chi connectivity index (χ3n) is 2.57. The number of carbonyl (C=O) groups excluding carboxylic acids is 1. The van der Waals surface area contributed by atoms with Gasteiger partial charge in [-0.15, -0.1) is 0 Å². The van der Waals surface area contributed by atoms with E-state index >= 15 is 0 Å². The number of ether oxygens (including phenoxy) is 1. The molecular formula is C12H15Br2N3O4. The van der Waals surface area contributed by atoms with Gasteiger partial charge in [0, 0.05) is 12.1 Å². The first kappa shape index (κ1) is 17.9. The standard InChI is InChI=1S/C12H15Br2N3O4/c1-2-3-16-10(12(15)18)6-21-11-8(13)4-7(17(19)20)5-9(11)14/h4-5,10,16H,2-3,6H2,1H3,(H2,15,18). The Kier molecular flexibility index (Phi) is 7.06. The minimum Gasteiger partial charge on any atom is -0.489 e. The van der Waals surface area contributed by atoms with Crippen molar-refractivity contribution in [3.05, 3.63) is 31.2 Å². The Bertz CT molecular complexity index is 516. The number of amides is 1. The molecule has 7 nitrogen and oxygen atoms in total. The Labute approximate surface area is 138 Å². The number of rotatable bonds is 8. The topological polar surface area (TPSA) is 107 Å².